The Labute approximate surface area is 242 Å². The molecule has 1 aliphatic heterocycles. The fourth-order valence-electron chi connectivity index (χ4n) is 4.57. The summed E-state index contributed by atoms with van der Waals surface area (Å²) < 4.78 is 16.3. The van der Waals surface area contributed by atoms with Crippen molar-refractivity contribution in [1.29, 1.82) is 0 Å². The van der Waals surface area contributed by atoms with Crippen molar-refractivity contribution in [3.05, 3.63) is 71.8 Å². The van der Waals surface area contributed by atoms with E-state index in [9.17, 15) is 19.8 Å². The largest absolute Gasteiger partial charge is 0.444 e. The van der Waals surface area contributed by atoms with Gasteiger partial charge in [-0.05, 0) is 57.6 Å². The van der Waals surface area contributed by atoms with E-state index in [2.05, 4.69) is 16.0 Å². The molecule has 2 aromatic carbocycles. The quantitative estimate of drug-likeness (QED) is 0.247. The molecule has 41 heavy (non-hydrogen) atoms. The number of ether oxygens (including phenoxy) is 3. The highest BCUT2D eigenvalue weighted by Gasteiger charge is 2.27. The number of carbonyl (C=O) groups excluding carboxylic acids is 2. The van der Waals surface area contributed by atoms with Crippen LogP contribution in [0.15, 0.2) is 60.7 Å². The van der Waals surface area contributed by atoms with Gasteiger partial charge in [-0.1, -0.05) is 60.7 Å². The molecule has 1 aliphatic rings. The van der Waals surface area contributed by atoms with E-state index in [1.165, 1.54) is 0 Å². The third kappa shape index (κ3) is 12.5. The highest BCUT2D eigenvalue weighted by atomic mass is 16.6. The van der Waals surface area contributed by atoms with Crippen molar-refractivity contribution >= 4 is 12.2 Å². The van der Waals surface area contributed by atoms with Gasteiger partial charge in [0.05, 0.1) is 30.9 Å². The van der Waals surface area contributed by atoms with Crippen LogP contribution in [0.5, 0.6) is 0 Å². The van der Waals surface area contributed by atoms with Gasteiger partial charge < -0.3 is 40.4 Å². The predicted octanol–water partition coefficient (Wildman–Crippen LogP) is 2.95. The number of amides is 2. The molecular weight excluding hydrogens is 526 g/mol. The van der Waals surface area contributed by atoms with E-state index >= 15 is 0 Å². The summed E-state index contributed by atoms with van der Waals surface area (Å²) in [6.07, 6.45) is -1.16. The van der Waals surface area contributed by atoms with Gasteiger partial charge in [-0.25, -0.2) is 9.59 Å². The van der Waals surface area contributed by atoms with Gasteiger partial charge in [-0.3, -0.25) is 0 Å². The van der Waals surface area contributed by atoms with Crippen molar-refractivity contribution in [1.82, 2.24) is 16.0 Å². The lowest BCUT2D eigenvalue weighted by Crippen LogP contribution is -2.53. The van der Waals surface area contributed by atoms with Gasteiger partial charge in [0, 0.05) is 19.7 Å². The Kier molecular flexibility index (Phi) is 12.9. The molecule has 1 unspecified atom stereocenters. The van der Waals surface area contributed by atoms with Gasteiger partial charge in [0.25, 0.3) is 0 Å². The molecule has 1 heterocycles. The number of nitrogens with one attached hydrogen (secondary N) is 3. The number of rotatable bonds is 13. The first-order chi connectivity index (χ1) is 19.6. The van der Waals surface area contributed by atoms with Crippen molar-refractivity contribution in [3.8, 4) is 0 Å². The summed E-state index contributed by atoms with van der Waals surface area (Å²) >= 11 is 0. The molecule has 2 amide bonds. The summed E-state index contributed by atoms with van der Waals surface area (Å²) in [6, 6.07) is 17.8. The van der Waals surface area contributed by atoms with Crippen molar-refractivity contribution < 1.29 is 34.0 Å². The van der Waals surface area contributed by atoms with Gasteiger partial charge >= 0.3 is 12.2 Å². The fourth-order valence-corrected chi connectivity index (χ4v) is 4.57. The average Bonchev–Trinajstić information content (AvgIpc) is 2.93. The van der Waals surface area contributed by atoms with Crippen molar-refractivity contribution in [2.75, 3.05) is 26.3 Å². The molecule has 226 valence electrons. The van der Waals surface area contributed by atoms with Crippen LogP contribution in [0.4, 0.5) is 9.59 Å². The Bertz CT molecular complexity index is 1040. The van der Waals surface area contributed by atoms with Crippen LogP contribution in [-0.4, -0.2) is 84.7 Å². The standard InChI is InChI=1S/C31H45N3O7/c1-31(2,3)41-30(38)34-26(18-23-13-8-5-9-14-23)28(36)20-32-19-27(35)25(17-22-11-6-4-7-12-22)33-29(37)40-24-15-10-16-39-21-24/h4-9,11-14,24-28,32,35-36H,10,15-21H2,1-3H3,(H,33,37)(H,34,38)/t24?,25-,26-,27+,28+/m0/s1. The zero-order chi connectivity index (χ0) is 29.7. The fraction of sp³-hybridized carbons (Fsp3) is 0.548. The third-order valence-corrected chi connectivity index (χ3v) is 6.63. The van der Waals surface area contributed by atoms with Gasteiger partial charge in [-0.2, -0.15) is 0 Å². The number of hydrogen-bond donors (Lipinski definition) is 5. The first-order valence-corrected chi connectivity index (χ1v) is 14.3. The van der Waals surface area contributed by atoms with Gasteiger partial charge in [0.1, 0.15) is 11.7 Å². The van der Waals surface area contributed by atoms with Gasteiger partial charge in [0.15, 0.2) is 0 Å². The topological polar surface area (TPSA) is 138 Å². The second kappa shape index (κ2) is 16.3. The number of carbonyl (C=O) groups is 2. The number of aliphatic hydroxyl groups excluding tert-OH is 2. The molecule has 0 radical (unpaired) electrons. The Morgan fingerprint density at radius 3 is 1.85 bits per heavy atom. The molecule has 5 N–H and O–H groups in total. The van der Waals surface area contributed by atoms with Crippen molar-refractivity contribution in [2.45, 2.75) is 82.5 Å². The van der Waals surface area contributed by atoms with E-state index in [0.29, 0.717) is 26.1 Å². The maximum atomic E-state index is 12.7. The number of hydrogen-bond acceptors (Lipinski definition) is 8. The molecule has 0 bridgehead atoms. The second-order valence-electron chi connectivity index (χ2n) is 11.4. The predicted molar refractivity (Wildman–Crippen MR) is 156 cm³/mol. The lowest BCUT2D eigenvalue weighted by molar-refractivity contribution is -0.0187. The second-order valence-corrected chi connectivity index (χ2v) is 11.4. The number of aliphatic hydroxyl groups is 2. The molecule has 0 saturated carbocycles. The summed E-state index contributed by atoms with van der Waals surface area (Å²) in [7, 11) is 0. The smallest absolute Gasteiger partial charge is 0.407 e. The number of benzene rings is 2. The first-order valence-electron chi connectivity index (χ1n) is 14.3. The van der Waals surface area contributed by atoms with Crippen LogP contribution >= 0.6 is 0 Å². The van der Waals surface area contributed by atoms with Gasteiger partial charge in [-0.15, -0.1) is 0 Å². The van der Waals surface area contributed by atoms with Crippen LogP contribution in [0.25, 0.3) is 0 Å². The van der Waals surface area contributed by atoms with E-state index in [4.69, 9.17) is 14.2 Å². The monoisotopic (exact) mass is 571 g/mol. The maximum absolute atomic E-state index is 12.7. The zero-order valence-corrected chi connectivity index (χ0v) is 24.3. The molecular formula is C31H45N3O7. The molecule has 0 aliphatic carbocycles. The van der Waals surface area contributed by atoms with Crippen LogP contribution in [0.1, 0.15) is 44.7 Å². The summed E-state index contributed by atoms with van der Waals surface area (Å²) in [5.41, 5.74) is 1.21. The lowest BCUT2D eigenvalue weighted by atomic mass is 10.00. The Morgan fingerprint density at radius 1 is 0.878 bits per heavy atom. The number of alkyl carbamates (subject to hydrolysis) is 2. The molecule has 1 fully saturated rings. The molecule has 2 aromatic rings. The summed E-state index contributed by atoms with van der Waals surface area (Å²) in [5, 5.41) is 30.8. The van der Waals surface area contributed by atoms with E-state index in [1.807, 2.05) is 60.7 Å². The Morgan fingerprint density at radius 2 is 1.39 bits per heavy atom. The van der Waals surface area contributed by atoms with Crippen LogP contribution < -0.4 is 16.0 Å². The molecule has 10 nitrogen and oxygen atoms in total. The minimum Gasteiger partial charge on any atom is -0.444 e. The van der Waals surface area contributed by atoms with E-state index < -0.39 is 42.1 Å². The zero-order valence-electron chi connectivity index (χ0n) is 24.3. The molecule has 0 aromatic heterocycles. The molecule has 5 atom stereocenters. The minimum atomic E-state index is -0.982. The first kappa shape index (κ1) is 32.3. The molecule has 3 rings (SSSR count). The van der Waals surface area contributed by atoms with Crippen LogP contribution in [0, 0.1) is 0 Å². The van der Waals surface area contributed by atoms with Crippen LogP contribution in [0.3, 0.4) is 0 Å². The highest BCUT2D eigenvalue weighted by molar-refractivity contribution is 5.68. The van der Waals surface area contributed by atoms with Crippen LogP contribution in [0.2, 0.25) is 0 Å². The highest BCUT2D eigenvalue weighted by Crippen LogP contribution is 2.13. The minimum absolute atomic E-state index is 0.0892. The van der Waals surface area contributed by atoms with Crippen LogP contribution in [-0.2, 0) is 27.1 Å². The lowest BCUT2D eigenvalue weighted by Gasteiger charge is -2.29. The maximum Gasteiger partial charge on any atom is 0.407 e. The molecule has 10 heteroatoms. The summed E-state index contributed by atoms with van der Waals surface area (Å²) in [4.78, 5) is 25.1. The molecule has 1 saturated heterocycles. The van der Waals surface area contributed by atoms with Gasteiger partial charge in [0.2, 0.25) is 0 Å². The normalized spacial score (nSPS) is 18.4. The van der Waals surface area contributed by atoms with Crippen molar-refractivity contribution in [2.24, 2.45) is 0 Å². The third-order valence-electron chi connectivity index (χ3n) is 6.63. The summed E-state index contributed by atoms with van der Waals surface area (Å²) in [6.45, 7) is 6.52. The summed E-state index contributed by atoms with van der Waals surface area (Å²) in [5.74, 6) is 0. The van der Waals surface area contributed by atoms with E-state index in [-0.39, 0.29) is 19.2 Å². The Hall–Kier alpha value is -3.18. The average molecular weight is 572 g/mol. The Balaban J connectivity index is 1.58. The van der Waals surface area contributed by atoms with E-state index in [0.717, 1.165) is 24.0 Å². The molecule has 0 spiro atoms. The SMILES string of the molecule is CC(C)(C)OC(=O)N[C@@H](Cc1ccccc1)[C@H](O)CNC[C@@H](O)[C@H](Cc1ccccc1)NC(=O)OC1CCCOC1. The van der Waals surface area contributed by atoms with Crippen molar-refractivity contribution in [3.63, 3.8) is 0 Å². The van der Waals surface area contributed by atoms with E-state index in [1.54, 1.807) is 20.8 Å².